The Labute approximate surface area is 151 Å². The van der Waals surface area contributed by atoms with E-state index in [-0.39, 0.29) is 5.75 Å². The Kier molecular flexibility index (Phi) is 4.61. The molecule has 1 aliphatic heterocycles. The van der Waals surface area contributed by atoms with Crippen molar-refractivity contribution in [1.29, 1.82) is 0 Å². The molecule has 26 heavy (non-hydrogen) atoms. The number of phenolic OH excluding ortho intramolecular Hbond substituents is 1. The first-order valence-electron chi connectivity index (χ1n) is 8.46. The summed E-state index contributed by atoms with van der Waals surface area (Å²) in [5.41, 5.74) is 3.58. The molecule has 7 heteroatoms. The van der Waals surface area contributed by atoms with Crippen LogP contribution in [0.15, 0.2) is 53.9 Å². The molecule has 0 radical (unpaired) electrons. The summed E-state index contributed by atoms with van der Waals surface area (Å²) < 4.78 is 5.36. The molecule has 7 nitrogen and oxygen atoms in total. The standard InChI is InChI=1S/C19H19N5O2/c25-17-6-5-14-3-1-2-4-15(14)16(17)12-22-23-18-11-19(21-13-20-18)24-7-9-26-10-8-24/h1-6,11-13,25H,7-10H2,(H,20,21,23)/b22-12+. The molecule has 0 amide bonds. The van der Waals surface area contributed by atoms with E-state index >= 15 is 0 Å². The first-order valence-corrected chi connectivity index (χ1v) is 8.46. The van der Waals surface area contributed by atoms with Gasteiger partial charge in [-0.15, -0.1) is 0 Å². The van der Waals surface area contributed by atoms with Gasteiger partial charge in [-0.3, -0.25) is 5.43 Å². The highest BCUT2D eigenvalue weighted by molar-refractivity contribution is 6.02. The van der Waals surface area contributed by atoms with E-state index in [1.807, 2.05) is 36.4 Å². The van der Waals surface area contributed by atoms with Crippen molar-refractivity contribution in [2.45, 2.75) is 0 Å². The summed E-state index contributed by atoms with van der Waals surface area (Å²) in [4.78, 5) is 10.7. The number of phenols is 1. The molecule has 0 atom stereocenters. The van der Waals surface area contributed by atoms with Crippen molar-refractivity contribution in [2.24, 2.45) is 5.10 Å². The fraction of sp³-hybridized carbons (Fsp3) is 0.211. The number of aromatic hydroxyl groups is 1. The van der Waals surface area contributed by atoms with Gasteiger partial charge in [0.25, 0.3) is 0 Å². The molecule has 1 aromatic heterocycles. The predicted molar refractivity (Wildman–Crippen MR) is 102 cm³/mol. The van der Waals surface area contributed by atoms with Crippen LogP contribution in [-0.4, -0.2) is 47.6 Å². The lowest BCUT2D eigenvalue weighted by Gasteiger charge is -2.27. The quantitative estimate of drug-likeness (QED) is 0.556. The van der Waals surface area contributed by atoms with Crippen molar-refractivity contribution in [3.8, 4) is 5.75 Å². The second-order valence-corrected chi connectivity index (χ2v) is 5.95. The largest absolute Gasteiger partial charge is 0.507 e. The maximum atomic E-state index is 10.2. The van der Waals surface area contributed by atoms with Crippen LogP contribution in [0.1, 0.15) is 5.56 Å². The third kappa shape index (κ3) is 3.43. The van der Waals surface area contributed by atoms with Crippen LogP contribution in [0.25, 0.3) is 10.8 Å². The first-order chi connectivity index (χ1) is 12.8. The summed E-state index contributed by atoms with van der Waals surface area (Å²) in [5, 5.41) is 16.4. The molecule has 0 unspecified atom stereocenters. The Morgan fingerprint density at radius 1 is 1.12 bits per heavy atom. The highest BCUT2D eigenvalue weighted by Gasteiger charge is 2.12. The summed E-state index contributed by atoms with van der Waals surface area (Å²) in [5.74, 6) is 1.62. The molecule has 1 aliphatic rings. The number of fused-ring (bicyclic) bond motifs is 1. The molecular formula is C19H19N5O2. The average molecular weight is 349 g/mol. The minimum absolute atomic E-state index is 0.186. The number of benzene rings is 2. The molecule has 2 N–H and O–H groups in total. The summed E-state index contributed by atoms with van der Waals surface area (Å²) >= 11 is 0. The van der Waals surface area contributed by atoms with E-state index in [1.54, 1.807) is 12.3 Å². The van der Waals surface area contributed by atoms with Gasteiger partial charge >= 0.3 is 0 Å². The van der Waals surface area contributed by atoms with Crippen LogP contribution in [0, 0.1) is 0 Å². The zero-order valence-electron chi connectivity index (χ0n) is 14.2. The smallest absolute Gasteiger partial charge is 0.151 e. The Bertz CT molecular complexity index is 938. The predicted octanol–water partition coefficient (Wildman–Crippen LogP) is 2.62. The number of morpholine rings is 1. The van der Waals surface area contributed by atoms with Crippen molar-refractivity contribution in [1.82, 2.24) is 9.97 Å². The van der Waals surface area contributed by atoms with Gasteiger partial charge in [0.2, 0.25) is 0 Å². The fourth-order valence-corrected chi connectivity index (χ4v) is 2.96. The van der Waals surface area contributed by atoms with Crippen molar-refractivity contribution in [2.75, 3.05) is 36.6 Å². The van der Waals surface area contributed by atoms with E-state index in [0.29, 0.717) is 24.6 Å². The van der Waals surface area contributed by atoms with E-state index in [4.69, 9.17) is 4.74 Å². The molecule has 0 bridgehead atoms. The molecular weight excluding hydrogens is 330 g/mol. The van der Waals surface area contributed by atoms with Crippen LogP contribution in [0.3, 0.4) is 0 Å². The normalized spacial score (nSPS) is 14.8. The number of hydrogen-bond acceptors (Lipinski definition) is 7. The molecule has 3 aromatic rings. The van der Waals surface area contributed by atoms with Gasteiger partial charge in [-0.1, -0.05) is 30.3 Å². The van der Waals surface area contributed by atoms with Gasteiger partial charge in [0.05, 0.1) is 19.4 Å². The number of nitrogens with one attached hydrogen (secondary N) is 1. The van der Waals surface area contributed by atoms with Crippen LogP contribution >= 0.6 is 0 Å². The fourth-order valence-electron chi connectivity index (χ4n) is 2.96. The number of ether oxygens (including phenoxy) is 1. The van der Waals surface area contributed by atoms with Crippen molar-refractivity contribution in [3.05, 3.63) is 54.4 Å². The molecule has 0 spiro atoms. The average Bonchev–Trinajstić information content (AvgIpc) is 2.70. The molecule has 2 heterocycles. The molecule has 2 aromatic carbocycles. The molecule has 0 aliphatic carbocycles. The van der Waals surface area contributed by atoms with Gasteiger partial charge in [-0.05, 0) is 16.8 Å². The maximum Gasteiger partial charge on any atom is 0.151 e. The van der Waals surface area contributed by atoms with Gasteiger partial charge in [0.1, 0.15) is 17.9 Å². The third-order valence-corrected chi connectivity index (χ3v) is 4.31. The minimum Gasteiger partial charge on any atom is -0.507 e. The Hall–Kier alpha value is -3.19. The zero-order valence-corrected chi connectivity index (χ0v) is 14.2. The van der Waals surface area contributed by atoms with Gasteiger partial charge in [-0.25, -0.2) is 9.97 Å². The van der Waals surface area contributed by atoms with Crippen LogP contribution < -0.4 is 10.3 Å². The topological polar surface area (TPSA) is 82.9 Å². The number of aromatic nitrogens is 2. The second kappa shape index (κ2) is 7.37. The summed E-state index contributed by atoms with van der Waals surface area (Å²) in [6, 6.07) is 13.3. The van der Waals surface area contributed by atoms with Crippen LogP contribution in [0.2, 0.25) is 0 Å². The number of hydrazone groups is 1. The third-order valence-electron chi connectivity index (χ3n) is 4.31. The van der Waals surface area contributed by atoms with Gasteiger partial charge < -0.3 is 14.7 Å². The number of hydrogen-bond donors (Lipinski definition) is 2. The van der Waals surface area contributed by atoms with Crippen LogP contribution in [0.5, 0.6) is 5.75 Å². The zero-order chi connectivity index (χ0) is 17.8. The molecule has 1 fully saturated rings. The first kappa shape index (κ1) is 16.3. The monoisotopic (exact) mass is 349 g/mol. The Morgan fingerprint density at radius 3 is 2.85 bits per heavy atom. The lowest BCUT2D eigenvalue weighted by Crippen LogP contribution is -2.36. The number of anilines is 2. The Balaban J connectivity index is 1.53. The van der Waals surface area contributed by atoms with E-state index < -0.39 is 0 Å². The van der Waals surface area contributed by atoms with Crippen molar-refractivity contribution >= 4 is 28.6 Å². The van der Waals surface area contributed by atoms with E-state index in [9.17, 15) is 5.11 Å². The highest BCUT2D eigenvalue weighted by Crippen LogP contribution is 2.25. The van der Waals surface area contributed by atoms with Gasteiger partial charge in [0.15, 0.2) is 5.82 Å². The lowest BCUT2D eigenvalue weighted by atomic mass is 10.0. The molecule has 4 rings (SSSR count). The van der Waals surface area contributed by atoms with Gasteiger partial charge in [-0.2, -0.15) is 5.10 Å². The van der Waals surface area contributed by atoms with Crippen molar-refractivity contribution in [3.63, 3.8) is 0 Å². The minimum atomic E-state index is 0.186. The molecule has 132 valence electrons. The van der Waals surface area contributed by atoms with Gasteiger partial charge in [0, 0.05) is 24.7 Å². The number of rotatable bonds is 4. The van der Waals surface area contributed by atoms with E-state index in [2.05, 4.69) is 25.4 Å². The van der Waals surface area contributed by atoms with Crippen LogP contribution in [0.4, 0.5) is 11.6 Å². The summed E-state index contributed by atoms with van der Waals surface area (Å²) in [7, 11) is 0. The SMILES string of the molecule is Oc1ccc2ccccc2c1/C=N/Nc1cc(N2CCOCC2)ncn1. The van der Waals surface area contributed by atoms with E-state index in [1.165, 1.54) is 6.33 Å². The maximum absolute atomic E-state index is 10.2. The van der Waals surface area contributed by atoms with Crippen molar-refractivity contribution < 1.29 is 9.84 Å². The van der Waals surface area contributed by atoms with E-state index in [0.717, 1.165) is 29.7 Å². The Morgan fingerprint density at radius 2 is 1.96 bits per heavy atom. The number of nitrogens with zero attached hydrogens (tertiary/aromatic N) is 4. The second-order valence-electron chi connectivity index (χ2n) is 5.95. The lowest BCUT2D eigenvalue weighted by molar-refractivity contribution is 0.122. The highest BCUT2D eigenvalue weighted by atomic mass is 16.5. The summed E-state index contributed by atoms with van der Waals surface area (Å²) in [6.07, 6.45) is 3.12. The summed E-state index contributed by atoms with van der Waals surface area (Å²) in [6.45, 7) is 3.02. The van der Waals surface area contributed by atoms with Crippen LogP contribution in [-0.2, 0) is 4.74 Å². The molecule has 1 saturated heterocycles. The molecule has 0 saturated carbocycles.